The SMILES string of the molecule is CCCC(CC)NC(=O)COCC(=O)O. The predicted molar refractivity (Wildman–Crippen MR) is 55.6 cm³/mol. The maximum atomic E-state index is 11.2. The number of carbonyl (C=O) groups excluding carboxylic acids is 1. The van der Waals surface area contributed by atoms with Crippen LogP contribution in [-0.4, -0.2) is 36.2 Å². The maximum Gasteiger partial charge on any atom is 0.329 e. The molecule has 0 aromatic heterocycles. The Labute approximate surface area is 89.8 Å². The maximum absolute atomic E-state index is 11.2. The van der Waals surface area contributed by atoms with Gasteiger partial charge in [-0.3, -0.25) is 4.79 Å². The van der Waals surface area contributed by atoms with Crippen LogP contribution < -0.4 is 5.32 Å². The summed E-state index contributed by atoms with van der Waals surface area (Å²) in [7, 11) is 0. The van der Waals surface area contributed by atoms with Crippen molar-refractivity contribution in [3.8, 4) is 0 Å². The minimum Gasteiger partial charge on any atom is -0.480 e. The fourth-order valence-corrected chi connectivity index (χ4v) is 1.23. The van der Waals surface area contributed by atoms with Gasteiger partial charge in [0.15, 0.2) is 0 Å². The van der Waals surface area contributed by atoms with E-state index in [1.807, 2.05) is 6.92 Å². The van der Waals surface area contributed by atoms with E-state index < -0.39 is 12.6 Å². The van der Waals surface area contributed by atoms with Crippen LogP contribution in [0.15, 0.2) is 0 Å². The fourth-order valence-electron chi connectivity index (χ4n) is 1.23. The van der Waals surface area contributed by atoms with Gasteiger partial charge in [0.05, 0.1) is 0 Å². The van der Waals surface area contributed by atoms with Gasteiger partial charge >= 0.3 is 5.97 Å². The second-order valence-corrected chi connectivity index (χ2v) is 3.35. The quantitative estimate of drug-likeness (QED) is 0.630. The topological polar surface area (TPSA) is 75.6 Å². The lowest BCUT2D eigenvalue weighted by Crippen LogP contribution is -2.37. The molecule has 0 fully saturated rings. The van der Waals surface area contributed by atoms with E-state index in [2.05, 4.69) is 17.0 Å². The molecule has 0 bridgehead atoms. The van der Waals surface area contributed by atoms with Gasteiger partial charge in [0.25, 0.3) is 0 Å². The molecule has 0 spiro atoms. The summed E-state index contributed by atoms with van der Waals surface area (Å²) in [6.45, 7) is 3.43. The first kappa shape index (κ1) is 13.9. The van der Waals surface area contributed by atoms with Crippen LogP contribution in [0.25, 0.3) is 0 Å². The summed E-state index contributed by atoms with van der Waals surface area (Å²) in [5.41, 5.74) is 0. The summed E-state index contributed by atoms with van der Waals surface area (Å²) in [4.78, 5) is 21.3. The lowest BCUT2D eigenvalue weighted by molar-refractivity contribution is -0.143. The lowest BCUT2D eigenvalue weighted by Gasteiger charge is -2.15. The highest BCUT2D eigenvalue weighted by Crippen LogP contribution is 2.00. The Morgan fingerprint density at radius 2 is 2.00 bits per heavy atom. The van der Waals surface area contributed by atoms with Gasteiger partial charge in [-0.15, -0.1) is 0 Å². The summed E-state index contributed by atoms with van der Waals surface area (Å²) in [6, 6.07) is 0.163. The molecule has 1 unspecified atom stereocenters. The summed E-state index contributed by atoms with van der Waals surface area (Å²) in [6.07, 6.45) is 2.81. The number of carboxylic acids is 1. The predicted octanol–water partition coefficient (Wildman–Crippen LogP) is 0.782. The van der Waals surface area contributed by atoms with E-state index in [9.17, 15) is 9.59 Å². The van der Waals surface area contributed by atoms with Crippen molar-refractivity contribution in [2.45, 2.75) is 39.2 Å². The molecule has 1 amide bonds. The van der Waals surface area contributed by atoms with E-state index in [-0.39, 0.29) is 18.6 Å². The summed E-state index contributed by atoms with van der Waals surface area (Å²) in [5, 5.41) is 11.1. The van der Waals surface area contributed by atoms with E-state index in [1.54, 1.807) is 0 Å². The van der Waals surface area contributed by atoms with Gasteiger partial charge in [-0.2, -0.15) is 0 Å². The third-order valence-electron chi connectivity index (χ3n) is 1.95. The van der Waals surface area contributed by atoms with Gasteiger partial charge < -0.3 is 15.2 Å². The number of amides is 1. The highest BCUT2D eigenvalue weighted by molar-refractivity contribution is 5.78. The second kappa shape index (κ2) is 8.23. The van der Waals surface area contributed by atoms with E-state index >= 15 is 0 Å². The number of rotatable bonds is 8. The van der Waals surface area contributed by atoms with E-state index in [4.69, 9.17) is 5.11 Å². The highest BCUT2D eigenvalue weighted by Gasteiger charge is 2.09. The Bertz CT molecular complexity index is 206. The van der Waals surface area contributed by atoms with E-state index in [0.717, 1.165) is 19.3 Å². The molecule has 5 nitrogen and oxygen atoms in total. The minimum absolute atomic E-state index is 0.163. The van der Waals surface area contributed by atoms with Gasteiger partial charge in [0, 0.05) is 6.04 Å². The average molecular weight is 217 g/mol. The molecule has 0 saturated carbocycles. The van der Waals surface area contributed by atoms with Crippen molar-refractivity contribution >= 4 is 11.9 Å². The van der Waals surface area contributed by atoms with Gasteiger partial charge in [-0.1, -0.05) is 20.3 Å². The van der Waals surface area contributed by atoms with Crippen LogP contribution >= 0.6 is 0 Å². The third-order valence-corrected chi connectivity index (χ3v) is 1.95. The molecule has 0 radical (unpaired) electrons. The van der Waals surface area contributed by atoms with Crippen molar-refractivity contribution in [1.82, 2.24) is 5.32 Å². The molecule has 15 heavy (non-hydrogen) atoms. The molecule has 2 N–H and O–H groups in total. The zero-order valence-corrected chi connectivity index (χ0v) is 9.28. The normalized spacial score (nSPS) is 12.1. The highest BCUT2D eigenvalue weighted by atomic mass is 16.5. The van der Waals surface area contributed by atoms with Crippen molar-refractivity contribution in [2.24, 2.45) is 0 Å². The first-order valence-electron chi connectivity index (χ1n) is 5.19. The Balaban J connectivity index is 3.66. The lowest BCUT2D eigenvalue weighted by atomic mass is 10.1. The molecule has 0 rings (SSSR count). The second-order valence-electron chi connectivity index (χ2n) is 3.35. The van der Waals surface area contributed by atoms with Gasteiger partial charge in [0.2, 0.25) is 5.91 Å². The van der Waals surface area contributed by atoms with Gasteiger partial charge in [-0.25, -0.2) is 4.79 Å². The van der Waals surface area contributed by atoms with Crippen LogP contribution in [0.3, 0.4) is 0 Å². The molecule has 0 aromatic carbocycles. The summed E-state index contributed by atoms with van der Waals surface area (Å²) in [5.74, 6) is -1.32. The number of aliphatic carboxylic acids is 1. The average Bonchev–Trinajstić information content (AvgIpc) is 2.16. The van der Waals surface area contributed by atoms with Crippen molar-refractivity contribution in [3.63, 3.8) is 0 Å². The van der Waals surface area contributed by atoms with Crippen LogP contribution in [0.2, 0.25) is 0 Å². The van der Waals surface area contributed by atoms with Crippen LogP contribution in [0.4, 0.5) is 0 Å². The Kier molecular flexibility index (Phi) is 7.62. The van der Waals surface area contributed by atoms with Crippen molar-refractivity contribution < 1.29 is 19.4 Å². The molecule has 0 aliphatic carbocycles. The van der Waals surface area contributed by atoms with Crippen molar-refractivity contribution in [1.29, 1.82) is 0 Å². The number of ether oxygens (including phenoxy) is 1. The van der Waals surface area contributed by atoms with Crippen LogP contribution in [0.1, 0.15) is 33.1 Å². The standard InChI is InChI=1S/C10H19NO4/c1-3-5-8(4-2)11-9(12)6-15-7-10(13)14/h8H,3-7H2,1-2H3,(H,11,12)(H,13,14). The molecule has 0 aliphatic rings. The number of hydrogen-bond acceptors (Lipinski definition) is 3. The zero-order chi connectivity index (χ0) is 11.7. The van der Waals surface area contributed by atoms with E-state index in [0.29, 0.717) is 0 Å². The number of nitrogens with one attached hydrogen (secondary N) is 1. The van der Waals surface area contributed by atoms with E-state index in [1.165, 1.54) is 0 Å². The molecule has 0 saturated heterocycles. The number of hydrogen-bond donors (Lipinski definition) is 2. The monoisotopic (exact) mass is 217 g/mol. The number of carbonyl (C=O) groups is 2. The smallest absolute Gasteiger partial charge is 0.329 e. The first-order chi connectivity index (χ1) is 7.10. The van der Waals surface area contributed by atoms with Crippen LogP contribution in [0.5, 0.6) is 0 Å². The van der Waals surface area contributed by atoms with Crippen LogP contribution in [-0.2, 0) is 14.3 Å². The van der Waals surface area contributed by atoms with Gasteiger partial charge in [-0.05, 0) is 12.8 Å². The van der Waals surface area contributed by atoms with Crippen LogP contribution in [0, 0.1) is 0 Å². The third kappa shape index (κ3) is 7.93. The van der Waals surface area contributed by atoms with Gasteiger partial charge in [0.1, 0.15) is 13.2 Å². The first-order valence-corrected chi connectivity index (χ1v) is 5.19. The molecule has 0 aromatic rings. The molecular formula is C10H19NO4. The Morgan fingerprint density at radius 3 is 2.47 bits per heavy atom. The molecule has 88 valence electrons. The Morgan fingerprint density at radius 1 is 1.33 bits per heavy atom. The van der Waals surface area contributed by atoms with Crippen molar-refractivity contribution in [3.05, 3.63) is 0 Å². The number of carboxylic acid groups (broad SMARTS) is 1. The minimum atomic E-state index is -1.07. The Hall–Kier alpha value is -1.10. The van der Waals surface area contributed by atoms with Crippen molar-refractivity contribution in [2.75, 3.05) is 13.2 Å². The largest absolute Gasteiger partial charge is 0.480 e. The molecule has 0 aliphatic heterocycles. The molecular weight excluding hydrogens is 198 g/mol. The fraction of sp³-hybridized carbons (Fsp3) is 0.800. The molecule has 0 heterocycles. The summed E-state index contributed by atoms with van der Waals surface area (Å²) >= 11 is 0. The molecule has 1 atom stereocenters. The molecule has 5 heteroatoms. The summed E-state index contributed by atoms with van der Waals surface area (Å²) < 4.78 is 4.67. The zero-order valence-electron chi connectivity index (χ0n) is 9.28.